The molecule has 0 spiro atoms. The maximum absolute atomic E-state index is 11.4. The number of ether oxygens (including phenoxy) is 1. The van der Waals surface area contributed by atoms with Crippen LogP contribution in [-0.4, -0.2) is 35.8 Å². The first-order chi connectivity index (χ1) is 6.52. The Bertz CT molecular complexity index is 274. The number of amides is 2. The van der Waals surface area contributed by atoms with Gasteiger partial charge in [0.15, 0.2) is 0 Å². The lowest BCUT2D eigenvalue weighted by atomic mass is 10.1. The summed E-state index contributed by atoms with van der Waals surface area (Å²) in [4.78, 5) is 34.2. The lowest BCUT2D eigenvalue weighted by molar-refractivity contribution is -0.146. The van der Waals surface area contributed by atoms with Crippen molar-refractivity contribution in [3.8, 4) is 0 Å². The third-order valence-corrected chi connectivity index (χ3v) is 2.09. The van der Waals surface area contributed by atoms with E-state index in [1.165, 1.54) is 6.92 Å². The molecule has 1 saturated heterocycles. The Labute approximate surface area is 82.0 Å². The summed E-state index contributed by atoms with van der Waals surface area (Å²) < 4.78 is 4.65. The molecule has 1 fully saturated rings. The number of nitrogens with zero attached hydrogens (tertiary/aromatic N) is 1. The van der Waals surface area contributed by atoms with Gasteiger partial charge in [-0.3, -0.25) is 19.3 Å². The van der Waals surface area contributed by atoms with Gasteiger partial charge in [-0.15, -0.1) is 0 Å². The molecule has 0 saturated carbocycles. The number of likely N-dealkylation sites (tertiary alicyclic amines) is 1. The first kappa shape index (κ1) is 10.7. The highest BCUT2D eigenvalue weighted by Gasteiger charge is 2.35. The molecule has 2 amide bonds. The second-order valence-corrected chi connectivity index (χ2v) is 3.33. The molecule has 0 radical (unpaired) electrons. The molecule has 78 valence electrons. The van der Waals surface area contributed by atoms with Crippen LogP contribution in [0.25, 0.3) is 0 Å². The molecule has 0 aromatic carbocycles. The number of hydrogen-bond acceptors (Lipinski definition) is 4. The molecule has 0 aliphatic carbocycles. The Morgan fingerprint density at radius 2 is 2.21 bits per heavy atom. The third-order valence-electron chi connectivity index (χ3n) is 2.09. The largest absolute Gasteiger partial charge is 0.464 e. The van der Waals surface area contributed by atoms with Gasteiger partial charge in [0.2, 0.25) is 11.8 Å². The van der Waals surface area contributed by atoms with E-state index in [2.05, 4.69) is 4.74 Å². The quantitative estimate of drug-likeness (QED) is 0.472. The molecular formula is C9H13NO4. The van der Waals surface area contributed by atoms with Crippen molar-refractivity contribution < 1.29 is 19.1 Å². The lowest BCUT2D eigenvalue weighted by Gasteiger charge is -2.13. The van der Waals surface area contributed by atoms with Crippen molar-refractivity contribution in [1.29, 1.82) is 0 Å². The van der Waals surface area contributed by atoms with Gasteiger partial charge in [0.25, 0.3) is 0 Å². The van der Waals surface area contributed by atoms with Crippen LogP contribution < -0.4 is 0 Å². The molecule has 1 aliphatic rings. The highest BCUT2D eigenvalue weighted by molar-refractivity contribution is 6.03. The van der Waals surface area contributed by atoms with E-state index in [1.54, 1.807) is 6.92 Å². The average Bonchev–Trinajstić information content (AvgIpc) is 2.31. The van der Waals surface area contributed by atoms with E-state index in [0.29, 0.717) is 0 Å². The maximum atomic E-state index is 11.4. The fraction of sp³-hybridized carbons (Fsp3) is 0.667. The zero-order valence-electron chi connectivity index (χ0n) is 8.28. The minimum absolute atomic E-state index is 0.0829. The number of esters is 1. The summed E-state index contributed by atoms with van der Waals surface area (Å²) in [6.45, 7) is 3.25. The normalized spacial score (nSPS) is 21.6. The third kappa shape index (κ3) is 2.31. The Balaban J connectivity index is 2.41. The molecule has 1 aliphatic heterocycles. The zero-order chi connectivity index (χ0) is 10.7. The van der Waals surface area contributed by atoms with Crippen molar-refractivity contribution in [2.24, 2.45) is 5.92 Å². The molecule has 0 aromatic rings. The number of rotatable bonds is 3. The molecule has 1 atom stereocenters. The summed E-state index contributed by atoms with van der Waals surface area (Å²) in [6.07, 6.45) is 0.263. The van der Waals surface area contributed by atoms with E-state index in [4.69, 9.17) is 0 Å². The van der Waals surface area contributed by atoms with Crippen molar-refractivity contribution in [2.45, 2.75) is 20.3 Å². The van der Waals surface area contributed by atoms with Gasteiger partial charge in [0, 0.05) is 19.3 Å². The molecule has 14 heavy (non-hydrogen) atoms. The minimum atomic E-state index is -0.405. The predicted molar refractivity (Wildman–Crippen MR) is 47.1 cm³/mol. The van der Waals surface area contributed by atoms with Gasteiger partial charge >= 0.3 is 5.97 Å². The first-order valence-corrected chi connectivity index (χ1v) is 4.50. The summed E-state index contributed by atoms with van der Waals surface area (Å²) in [7, 11) is 0. The van der Waals surface area contributed by atoms with Gasteiger partial charge < -0.3 is 4.74 Å². The highest BCUT2D eigenvalue weighted by atomic mass is 16.5. The predicted octanol–water partition coefficient (Wildman–Crippen LogP) is -0.0555. The first-order valence-electron chi connectivity index (χ1n) is 4.50. The van der Waals surface area contributed by atoms with E-state index in [1.807, 2.05) is 0 Å². The second kappa shape index (κ2) is 4.21. The van der Waals surface area contributed by atoms with Crippen molar-refractivity contribution in [3.05, 3.63) is 0 Å². The summed E-state index contributed by atoms with van der Waals surface area (Å²) >= 11 is 0. The fourth-order valence-corrected chi connectivity index (χ4v) is 1.36. The smallest absolute Gasteiger partial charge is 0.302 e. The van der Waals surface area contributed by atoms with Crippen LogP contribution in [0.4, 0.5) is 0 Å². The topological polar surface area (TPSA) is 63.7 Å². The molecule has 0 unspecified atom stereocenters. The molecule has 1 rings (SSSR count). The van der Waals surface area contributed by atoms with Crippen molar-refractivity contribution in [1.82, 2.24) is 4.90 Å². The van der Waals surface area contributed by atoms with Crippen molar-refractivity contribution in [2.75, 3.05) is 13.2 Å². The van der Waals surface area contributed by atoms with Crippen LogP contribution >= 0.6 is 0 Å². The lowest BCUT2D eigenvalue weighted by Crippen LogP contribution is -2.33. The molecule has 0 aromatic heterocycles. The molecular weight excluding hydrogens is 186 g/mol. The van der Waals surface area contributed by atoms with E-state index in [9.17, 15) is 14.4 Å². The van der Waals surface area contributed by atoms with Gasteiger partial charge in [-0.05, 0) is 0 Å². The Hall–Kier alpha value is -1.39. The number of carbonyl (C=O) groups excluding carboxylic acids is 3. The van der Waals surface area contributed by atoms with Crippen LogP contribution in [0.3, 0.4) is 0 Å². The second-order valence-electron chi connectivity index (χ2n) is 3.33. The zero-order valence-corrected chi connectivity index (χ0v) is 8.28. The van der Waals surface area contributed by atoms with Crippen LogP contribution in [-0.2, 0) is 19.1 Å². The van der Waals surface area contributed by atoms with E-state index < -0.39 is 5.97 Å². The van der Waals surface area contributed by atoms with E-state index in [-0.39, 0.29) is 37.3 Å². The summed E-state index contributed by atoms with van der Waals surface area (Å²) in [6, 6.07) is 0. The minimum Gasteiger partial charge on any atom is -0.464 e. The van der Waals surface area contributed by atoms with E-state index in [0.717, 1.165) is 4.90 Å². The average molecular weight is 199 g/mol. The molecule has 0 bridgehead atoms. The number of carbonyl (C=O) groups is 3. The van der Waals surface area contributed by atoms with Crippen LogP contribution in [0.15, 0.2) is 0 Å². The fourth-order valence-electron chi connectivity index (χ4n) is 1.36. The Morgan fingerprint density at radius 3 is 2.64 bits per heavy atom. The highest BCUT2D eigenvalue weighted by Crippen LogP contribution is 2.17. The van der Waals surface area contributed by atoms with Gasteiger partial charge in [0.1, 0.15) is 6.61 Å². The van der Waals surface area contributed by atoms with Crippen molar-refractivity contribution in [3.63, 3.8) is 0 Å². The Morgan fingerprint density at radius 1 is 1.57 bits per heavy atom. The summed E-state index contributed by atoms with van der Waals surface area (Å²) in [5, 5.41) is 0. The maximum Gasteiger partial charge on any atom is 0.302 e. The van der Waals surface area contributed by atoms with Gasteiger partial charge in [-0.2, -0.15) is 0 Å². The monoisotopic (exact) mass is 199 g/mol. The van der Waals surface area contributed by atoms with Crippen LogP contribution in [0.2, 0.25) is 0 Å². The van der Waals surface area contributed by atoms with Gasteiger partial charge in [-0.1, -0.05) is 6.92 Å². The van der Waals surface area contributed by atoms with Crippen molar-refractivity contribution >= 4 is 17.8 Å². The standard InChI is InChI=1S/C9H13NO4/c1-6-5-8(12)10(9(6)13)3-4-14-7(2)11/h6H,3-5H2,1-2H3/t6-/m1/s1. The van der Waals surface area contributed by atoms with E-state index >= 15 is 0 Å². The van der Waals surface area contributed by atoms with Crippen LogP contribution in [0, 0.1) is 5.92 Å². The summed E-state index contributed by atoms with van der Waals surface area (Å²) in [5.41, 5.74) is 0. The molecule has 0 N–H and O–H groups in total. The molecule has 1 heterocycles. The van der Waals surface area contributed by atoms with Crippen LogP contribution in [0.1, 0.15) is 20.3 Å². The Kier molecular flexibility index (Phi) is 3.22. The van der Waals surface area contributed by atoms with Gasteiger partial charge in [0.05, 0.1) is 6.54 Å². The molecule has 5 heteroatoms. The SMILES string of the molecule is CC(=O)OCCN1C(=O)C[C@@H](C)C1=O. The van der Waals surface area contributed by atoms with Gasteiger partial charge in [-0.25, -0.2) is 0 Å². The van der Waals surface area contributed by atoms with Crippen LogP contribution in [0.5, 0.6) is 0 Å². The number of imide groups is 1. The number of hydrogen-bond donors (Lipinski definition) is 0. The molecule has 5 nitrogen and oxygen atoms in total. The summed E-state index contributed by atoms with van der Waals surface area (Å²) in [5.74, 6) is -1.01.